The minimum absolute atomic E-state index is 0.271. The first kappa shape index (κ1) is 18.2. The first-order valence-electron chi connectivity index (χ1n) is 9.18. The number of nitrogens with zero attached hydrogens (tertiary/aromatic N) is 1. The van der Waals surface area contributed by atoms with E-state index in [0.717, 1.165) is 32.5 Å². The van der Waals surface area contributed by atoms with Crippen molar-refractivity contribution in [2.24, 2.45) is 11.8 Å². The average Bonchev–Trinajstić information content (AvgIpc) is 2.99. The molecule has 2 aliphatic rings. The van der Waals surface area contributed by atoms with Crippen molar-refractivity contribution in [3.63, 3.8) is 0 Å². The third-order valence-corrected chi connectivity index (χ3v) is 5.15. The molecule has 1 heterocycles. The predicted molar refractivity (Wildman–Crippen MR) is 97.1 cm³/mol. The first-order chi connectivity index (χ1) is 11.7. The van der Waals surface area contributed by atoms with E-state index >= 15 is 0 Å². The molecule has 5 nitrogen and oxygen atoms in total. The summed E-state index contributed by atoms with van der Waals surface area (Å²) in [6.45, 7) is 8.80. The van der Waals surface area contributed by atoms with E-state index in [2.05, 4.69) is 34.5 Å². The summed E-state index contributed by atoms with van der Waals surface area (Å²) in [6, 6.07) is 10.5. The maximum absolute atomic E-state index is 11.8. The molecule has 0 radical (unpaired) electrons. The van der Waals surface area contributed by atoms with Crippen LogP contribution >= 0.6 is 0 Å². The summed E-state index contributed by atoms with van der Waals surface area (Å²) in [5, 5.41) is 13.6. The Morgan fingerprint density at radius 3 is 2.40 bits per heavy atom. The minimum atomic E-state index is -0.801. The van der Waals surface area contributed by atoms with E-state index in [4.69, 9.17) is 4.74 Å². The van der Waals surface area contributed by atoms with E-state index in [-0.39, 0.29) is 6.54 Å². The number of carbonyl (C=O) groups excluding carboxylic acids is 1. The molecule has 0 aromatic heterocycles. The zero-order chi connectivity index (χ0) is 18.1. The molecule has 1 aromatic carbocycles. The number of ether oxygens (including phenoxy) is 1. The van der Waals surface area contributed by atoms with Gasteiger partial charge in [-0.25, -0.2) is 4.79 Å². The van der Waals surface area contributed by atoms with Crippen LogP contribution in [0.5, 0.6) is 0 Å². The van der Waals surface area contributed by atoms with Gasteiger partial charge < -0.3 is 15.2 Å². The van der Waals surface area contributed by atoms with Crippen molar-refractivity contribution >= 4 is 6.09 Å². The van der Waals surface area contributed by atoms with Crippen LogP contribution in [0.25, 0.3) is 0 Å². The predicted octanol–water partition coefficient (Wildman–Crippen LogP) is 2.78. The maximum atomic E-state index is 11.8. The van der Waals surface area contributed by atoms with E-state index < -0.39 is 17.3 Å². The second-order valence-electron chi connectivity index (χ2n) is 8.69. The number of amides is 1. The van der Waals surface area contributed by atoms with E-state index in [0.29, 0.717) is 11.8 Å². The van der Waals surface area contributed by atoms with Crippen molar-refractivity contribution < 1.29 is 14.6 Å². The third-order valence-electron chi connectivity index (χ3n) is 5.15. The Labute approximate surface area is 150 Å². The number of fused-ring (bicyclic) bond motifs is 1. The molecule has 138 valence electrons. The number of hydrogen-bond acceptors (Lipinski definition) is 4. The van der Waals surface area contributed by atoms with E-state index in [1.165, 1.54) is 5.56 Å². The molecule has 1 aliphatic carbocycles. The number of hydrogen-bond donors (Lipinski definition) is 2. The lowest BCUT2D eigenvalue weighted by molar-refractivity contribution is 0.0209. The molecule has 0 spiro atoms. The SMILES string of the molecule is CC(C)(C)OC(=O)NC[C@]1(O)C[C@H]2CN(Cc3ccccc3)C[C@H]2C1. The molecular formula is C20H30N2O3. The number of aliphatic hydroxyl groups is 1. The number of likely N-dealkylation sites (tertiary alicyclic amines) is 1. The largest absolute Gasteiger partial charge is 0.444 e. The smallest absolute Gasteiger partial charge is 0.407 e. The van der Waals surface area contributed by atoms with Crippen LogP contribution in [0.3, 0.4) is 0 Å². The second kappa shape index (κ2) is 6.96. The van der Waals surface area contributed by atoms with Crippen molar-refractivity contribution in [1.29, 1.82) is 0 Å². The highest BCUT2D eigenvalue weighted by molar-refractivity contribution is 5.67. The topological polar surface area (TPSA) is 61.8 Å². The fourth-order valence-electron chi connectivity index (χ4n) is 4.22. The van der Waals surface area contributed by atoms with E-state index in [1.807, 2.05) is 26.8 Å². The Kier molecular flexibility index (Phi) is 5.07. The molecule has 1 amide bonds. The summed E-state index contributed by atoms with van der Waals surface area (Å²) in [6.07, 6.45) is 1.04. The van der Waals surface area contributed by atoms with Crippen molar-refractivity contribution in [2.45, 2.75) is 51.4 Å². The molecule has 3 atom stereocenters. The van der Waals surface area contributed by atoms with E-state index in [9.17, 15) is 9.90 Å². The Balaban J connectivity index is 1.46. The molecule has 0 unspecified atom stereocenters. The summed E-state index contributed by atoms with van der Waals surface area (Å²) in [7, 11) is 0. The standard InChI is InChI=1S/C20H30N2O3/c1-19(2,3)25-18(23)21-14-20(24)9-16-12-22(13-17(16)10-20)11-15-7-5-4-6-8-15/h4-8,16-17,24H,9-14H2,1-3H3,(H,21,23)/t16-,17+,20-. The second-order valence-corrected chi connectivity index (χ2v) is 8.69. The van der Waals surface area contributed by atoms with Crippen LogP contribution < -0.4 is 5.32 Å². The molecule has 3 rings (SSSR count). The van der Waals surface area contributed by atoms with Gasteiger partial charge in [0.2, 0.25) is 0 Å². The van der Waals surface area contributed by atoms with Crippen LogP contribution in [-0.4, -0.2) is 46.9 Å². The molecule has 2 N–H and O–H groups in total. The van der Waals surface area contributed by atoms with E-state index in [1.54, 1.807) is 0 Å². The number of alkyl carbamates (subject to hydrolysis) is 1. The Hall–Kier alpha value is -1.59. The Morgan fingerprint density at radius 2 is 1.84 bits per heavy atom. The van der Waals surface area contributed by atoms with Gasteiger partial charge in [0, 0.05) is 26.2 Å². The van der Waals surface area contributed by atoms with Crippen LogP contribution in [0.4, 0.5) is 4.79 Å². The highest BCUT2D eigenvalue weighted by Gasteiger charge is 2.48. The van der Waals surface area contributed by atoms with Crippen LogP contribution in [-0.2, 0) is 11.3 Å². The molecular weight excluding hydrogens is 316 g/mol. The highest BCUT2D eigenvalue weighted by Crippen LogP contribution is 2.44. The molecule has 1 aromatic rings. The fourth-order valence-corrected chi connectivity index (χ4v) is 4.22. The lowest BCUT2D eigenvalue weighted by atomic mass is 10.00. The van der Waals surface area contributed by atoms with Crippen molar-refractivity contribution in [1.82, 2.24) is 10.2 Å². The number of benzene rings is 1. The molecule has 1 saturated carbocycles. The molecule has 0 bridgehead atoms. The van der Waals surface area contributed by atoms with Crippen LogP contribution in [0.15, 0.2) is 30.3 Å². The molecule has 2 fully saturated rings. The lowest BCUT2D eigenvalue weighted by Gasteiger charge is -2.27. The van der Waals surface area contributed by atoms with Crippen molar-refractivity contribution in [3.05, 3.63) is 35.9 Å². The summed E-state index contributed by atoms with van der Waals surface area (Å²) in [5.41, 5.74) is 0.0198. The Bertz CT molecular complexity index is 583. The Morgan fingerprint density at radius 1 is 1.24 bits per heavy atom. The normalized spacial score (nSPS) is 29.4. The summed E-state index contributed by atoms with van der Waals surface area (Å²) in [4.78, 5) is 14.3. The molecule has 1 aliphatic heterocycles. The van der Waals surface area contributed by atoms with Crippen LogP contribution in [0, 0.1) is 11.8 Å². The quantitative estimate of drug-likeness (QED) is 0.880. The van der Waals surface area contributed by atoms with Crippen LogP contribution in [0.2, 0.25) is 0 Å². The monoisotopic (exact) mass is 346 g/mol. The number of carbonyl (C=O) groups is 1. The van der Waals surface area contributed by atoms with Crippen molar-refractivity contribution in [3.8, 4) is 0 Å². The van der Waals surface area contributed by atoms with Crippen LogP contribution in [0.1, 0.15) is 39.2 Å². The molecule has 25 heavy (non-hydrogen) atoms. The number of rotatable bonds is 4. The van der Waals surface area contributed by atoms with Gasteiger partial charge in [-0.1, -0.05) is 30.3 Å². The van der Waals surface area contributed by atoms with Gasteiger partial charge in [-0.15, -0.1) is 0 Å². The summed E-state index contributed by atoms with van der Waals surface area (Å²) in [5.74, 6) is 1.02. The van der Waals surface area contributed by atoms with Gasteiger partial charge in [-0.3, -0.25) is 4.90 Å². The number of nitrogens with one attached hydrogen (secondary N) is 1. The summed E-state index contributed by atoms with van der Waals surface area (Å²) < 4.78 is 5.25. The highest BCUT2D eigenvalue weighted by atomic mass is 16.6. The lowest BCUT2D eigenvalue weighted by Crippen LogP contribution is -2.44. The van der Waals surface area contributed by atoms with Gasteiger partial charge in [0.1, 0.15) is 5.60 Å². The zero-order valence-corrected chi connectivity index (χ0v) is 15.5. The average molecular weight is 346 g/mol. The van der Waals surface area contributed by atoms with Gasteiger partial charge >= 0.3 is 6.09 Å². The van der Waals surface area contributed by atoms with Gasteiger partial charge in [-0.2, -0.15) is 0 Å². The summed E-state index contributed by atoms with van der Waals surface area (Å²) >= 11 is 0. The third kappa shape index (κ3) is 4.95. The fraction of sp³-hybridized carbons (Fsp3) is 0.650. The van der Waals surface area contributed by atoms with Gasteiger partial charge in [0.15, 0.2) is 0 Å². The molecule has 1 saturated heterocycles. The minimum Gasteiger partial charge on any atom is -0.444 e. The molecule has 5 heteroatoms. The van der Waals surface area contributed by atoms with Crippen molar-refractivity contribution in [2.75, 3.05) is 19.6 Å². The van der Waals surface area contributed by atoms with Gasteiger partial charge in [0.05, 0.1) is 5.60 Å². The zero-order valence-electron chi connectivity index (χ0n) is 15.5. The first-order valence-corrected chi connectivity index (χ1v) is 9.18. The van der Waals surface area contributed by atoms with Gasteiger partial charge in [-0.05, 0) is 51.0 Å². The maximum Gasteiger partial charge on any atom is 0.407 e. The van der Waals surface area contributed by atoms with Gasteiger partial charge in [0.25, 0.3) is 0 Å².